The first-order valence-electron chi connectivity index (χ1n) is 6.14. The lowest BCUT2D eigenvalue weighted by atomic mass is 9.95. The number of thiophene rings is 1. The average Bonchev–Trinajstić information content (AvgIpc) is 2.85. The van der Waals surface area contributed by atoms with Crippen LogP contribution < -0.4 is 0 Å². The van der Waals surface area contributed by atoms with Gasteiger partial charge in [-0.3, -0.25) is 0 Å². The first-order chi connectivity index (χ1) is 8.70. The zero-order valence-corrected chi connectivity index (χ0v) is 11.2. The number of aromatic carboxylic acids is 1. The number of ether oxygens (including phenoxy) is 2. The standard InChI is InChI=1S/C13H18O4S/c1-16-10-3-2-4-11(7-10)17-8-9-5-6-18-12(9)13(14)15/h5-6,10-11H,2-4,7-8H2,1H3,(H,14,15). The van der Waals surface area contributed by atoms with Crippen molar-refractivity contribution in [3.63, 3.8) is 0 Å². The van der Waals surface area contributed by atoms with Crippen molar-refractivity contribution < 1.29 is 19.4 Å². The third kappa shape index (κ3) is 3.31. The van der Waals surface area contributed by atoms with E-state index in [-0.39, 0.29) is 12.2 Å². The van der Waals surface area contributed by atoms with Crippen molar-refractivity contribution in [3.8, 4) is 0 Å². The van der Waals surface area contributed by atoms with Gasteiger partial charge in [-0.1, -0.05) is 0 Å². The van der Waals surface area contributed by atoms with Crippen molar-refractivity contribution >= 4 is 17.3 Å². The van der Waals surface area contributed by atoms with Crippen LogP contribution in [0.25, 0.3) is 0 Å². The van der Waals surface area contributed by atoms with Gasteiger partial charge in [0.2, 0.25) is 0 Å². The molecule has 2 unspecified atom stereocenters. The fourth-order valence-electron chi connectivity index (χ4n) is 2.31. The van der Waals surface area contributed by atoms with Crippen LogP contribution in [-0.2, 0) is 16.1 Å². The second-order valence-electron chi connectivity index (χ2n) is 4.54. The second-order valence-corrected chi connectivity index (χ2v) is 5.45. The summed E-state index contributed by atoms with van der Waals surface area (Å²) in [5.74, 6) is -0.873. The predicted molar refractivity (Wildman–Crippen MR) is 69.1 cm³/mol. The average molecular weight is 270 g/mol. The van der Waals surface area contributed by atoms with Crippen molar-refractivity contribution in [3.05, 3.63) is 21.9 Å². The Labute approximate surface area is 111 Å². The van der Waals surface area contributed by atoms with Crippen LogP contribution >= 0.6 is 11.3 Å². The van der Waals surface area contributed by atoms with E-state index in [0.717, 1.165) is 31.2 Å². The molecule has 0 bridgehead atoms. The molecule has 1 aromatic rings. The number of hydrogen-bond acceptors (Lipinski definition) is 4. The van der Waals surface area contributed by atoms with Gasteiger partial charge in [0.1, 0.15) is 4.88 Å². The SMILES string of the molecule is COC1CCCC(OCc2ccsc2C(=O)O)C1. The summed E-state index contributed by atoms with van der Waals surface area (Å²) in [5, 5.41) is 10.8. The molecular formula is C13H18O4S. The van der Waals surface area contributed by atoms with Gasteiger partial charge < -0.3 is 14.6 Å². The van der Waals surface area contributed by atoms with E-state index in [2.05, 4.69) is 0 Å². The van der Waals surface area contributed by atoms with Crippen LogP contribution in [-0.4, -0.2) is 30.4 Å². The van der Waals surface area contributed by atoms with Gasteiger partial charge in [0, 0.05) is 12.7 Å². The molecule has 1 saturated carbocycles. The van der Waals surface area contributed by atoms with Crippen molar-refractivity contribution in [2.24, 2.45) is 0 Å². The van der Waals surface area contributed by atoms with E-state index in [1.54, 1.807) is 12.5 Å². The first-order valence-corrected chi connectivity index (χ1v) is 7.02. The van der Waals surface area contributed by atoms with Crippen LogP contribution in [0.5, 0.6) is 0 Å². The van der Waals surface area contributed by atoms with E-state index in [1.165, 1.54) is 11.3 Å². The minimum atomic E-state index is -0.873. The molecule has 2 rings (SSSR count). The Morgan fingerprint density at radius 2 is 2.28 bits per heavy atom. The summed E-state index contributed by atoms with van der Waals surface area (Å²) >= 11 is 1.25. The Morgan fingerprint density at radius 1 is 1.50 bits per heavy atom. The summed E-state index contributed by atoms with van der Waals surface area (Å²) in [5.41, 5.74) is 0.770. The Kier molecular flexibility index (Phi) is 4.74. The summed E-state index contributed by atoms with van der Waals surface area (Å²) in [6.45, 7) is 0.381. The van der Waals surface area contributed by atoms with Crippen molar-refractivity contribution in [1.82, 2.24) is 0 Å². The summed E-state index contributed by atoms with van der Waals surface area (Å²) < 4.78 is 11.2. The Bertz CT molecular complexity index is 401. The molecule has 18 heavy (non-hydrogen) atoms. The number of hydrogen-bond donors (Lipinski definition) is 1. The molecule has 100 valence electrons. The quantitative estimate of drug-likeness (QED) is 0.893. The van der Waals surface area contributed by atoms with Gasteiger partial charge in [0.25, 0.3) is 0 Å². The Morgan fingerprint density at radius 3 is 3.00 bits per heavy atom. The maximum absolute atomic E-state index is 11.0. The molecule has 0 saturated heterocycles. The smallest absolute Gasteiger partial charge is 0.346 e. The molecule has 1 fully saturated rings. The zero-order valence-electron chi connectivity index (χ0n) is 10.4. The molecular weight excluding hydrogens is 252 g/mol. The van der Waals surface area contributed by atoms with E-state index in [9.17, 15) is 4.79 Å². The lowest BCUT2D eigenvalue weighted by Crippen LogP contribution is -2.27. The highest BCUT2D eigenvalue weighted by Gasteiger charge is 2.23. The number of carbonyl (C=O) groups is 1. The van der Waals surface area contributed by atoms with Crippen LogP contribution in [0.15, 0.2) is 11.4 Å². The number of carboxylic acid groups (broad SMARTS) is 1. The lowest BCUT2D eigenvalue weighted by Gasteiger charge is -2.28. The van der Waals surface area contributed by atoms with Gasteiger partial charge in [-0.05, 0) is 37.1 Å². The fourth-order valence-corrected chi connectivity index (χ4v) is 3.06. The fraction of sp³-hybridized carbons (Fsp3) is 0.615. The highest BCUT2D eigenvalue weighted by atomic mass is 32.1. The molecule has 5 heteroatoms. The number of rotatable bonds is 5. The van der Waals surface area contributed by atoms with E-state index in [1.807, 2.05) is 6.07 Å². The minimum absolute atomic E-state index is 0.185. The molecule has 1 aromatic heterocycles. The van der Waals surface area contributed by atoms with Gasteiger partial charge in [-0.25, -0.2) is 4.79 Å². The van der Waals surface area contributed by atoms with Gasteiger partial charge in [0.05, 0.1) is 18.8 Å². The van der Waals surface area contributed by atoms with E-state index in [0.29, 0.717) is 11.5 Å². The van der Waals surface area contributed by atoms with Crippen molar-refractivity contribution in [1.29, 1.82) is 0 Å². The summed E-state index contributed by atoms with van der Waals surface area (Å²) in [7, 11) is 1.73. The maximum Gasteiger partial charge on any atom is 0.346 e. The molecule has 0 aromatic carbocycles. The van der Waals surface area contributed by atoms with Crippen molar-refractivity contribution in [2.75, 3.05) is 7.11 Å². The minimum Gasteiger partial charge on any atom is -0.477 e. The monoisotopic (exact) mass is 270 g/mol. The molecule has 1 heterocycles. The predicted octanol–water partition coefficient (Wildman–Crippen LogP) is 2.92. The first kappa shape index (κ1) is 13.5. The Hall–Kier alpha value is -0.910. The highest BCUT2D eigenvalue weighted by Crippen LogP contribution is 2.25. The van der Waals surface area contributed by atoms with E-state index in [4.69, 9.17) is 14.6 Å². The molecule has 1 aliphatic carbocycles. The molecule has 1 aliphatic rings. The second kappa shape index (κ2) is 6.31. The molecule has 4 nitrogen and oxygen atoms in total. The van der Waals surface area contributed by atoms with Crippen LogP contribution in [0.1, 0.15) is 40.9 Å². The van der Waals surface area contributed by atoms with Crippen LogP contribution in [0.3, 0.4) is 0 Å². The van der Waals surface area contributed by atoms with Gasteiger partial charge in [-0.2, -0.15) is 0 Å². The topological polar surface area (TPSA) is 55.8 Å². The van der Waals surface area contributed by atoms with Crippen molar-refractivity contribution in [2.45, 2.75) is 44.5 Å². The van der Waals surface area contributed by atoms with Crippen LogP contribution in [0.4, 0.5) is 0 Å². The molecule has 2 atom stereocenters. The summed E-state index contributed by atoms with van der Waals surface area (Å²) in [6, 6.07) is 1.82. The normalized spacial score (nSPS) is 24.1. The van der Waals surface area contributed by atoms with Crippen LogP contribution in [0, 0.1) is 0 Å². The third-order valence-corrected chi connectivity index (χ3v) is 4.27. The van der Waals surface area contributed by atoms with Gasteiger partial charge in [0.15, 0.2) is 0 Å². The highest BCUT2D eigenvalue weighted by molar-refractivity contribution is 7.12. The van der Waals surface area contributed by atoms with Gasteiger partial charge >= 0.3 is 5.97 Å². The van der Waals surface area contributed by atoms with Crippen LogP contribution in [0.2, 0.25) is 0 Å². The third-order valence-electron chi connectivity index (χ3n) is 3.33. The molecule has 0 aliphatic heterocycles. The van der Waals surface area contributed by atoms with Gasteiger partial charge in [-0.15, -0.1) is 11.3 Å². The number of methoxy groups -OCH3 is 1. The molecule has 0 amide bonds. The molecule has 0 radical (unpaired) electrons. The number of carboxylic acids is 1. The molecule has 1 N–H and O–H groups in total. The van der Waals surface area contributed by atoms with E-state index >= 15 is 0 Å². The summed E-state index contributed by atoms with van der Waals surface area (Å²) in [4.78, 5) is 11.4. The molecule has 0 spiro atoms. The van der Waals surface area contributed by atoms with E-state index < -0.39 is 5.97 Å². The lowest BCUT2D eigenvalue weighted by molar-refractivity contribution is -0.0364. The zero-order chi connectivity index (χ0) is 13.0. The largest absolute Gasteiger partial charge is 0.477 e. The summed E-state index contributed by atoms with van der Waals surface area (Å²) in [6.07, 6.45) is 4.61. The Balaban J connectivity index is 1.87. The maximum atomic E-state index is 11.0.